The van der Waals surface area contributed by atoms with E-state index in [1.165, 1.54) is 17.8 Å². The molecule has 4 heteroatoms. The van der Waals surface area contributed by atoms with Crippen molar-refractivity contribution in [2.24, 2.45) is 0 Å². The van der Waals surface area contributed by atoms with Gasteiger partial charge in [0.25, 0.3) is 0 Å². The first-order valence-corrected chi connectivity index (χ1v) is 7.70. The summed E-state index contributed by atoms with van der Waals surface area (Å²) < 4.78 is 14.0. The predicted molar refractivity (Wildman–Crippen MR) is 84.0 cm³/mol. The van der Waals surface area contributed by atoms with E-state index in [0.29, 0.717) is 23.2 Å². The Bertz CT molecular complexity index is 586. The molecule has 0 aliphatic heterocycles. The summed E-state index contributed by atoms with van der Waals surface area (Å²) in [6.07, 6.45) is 0. The van der Waals surface area contributed by atoms with Crippen LogP contribution in [0, 0.1) is 5.82 Å². The fourth-order valence-corrected chi connectivity index (χ4v) is 3.05. The van der Waals surface area contributed by atoms with Crippen LogP contribution >= 0.6 is 23.4 Å². The highest BCUT2D eigenvalue weighted by Crippen LogP contribution is 2.32. The lowest BCUT2D eigenvalue weighted by molar-refractivity contribution is 0.546. The lowest BCUT2D eigenvalue weighted by atomic mass is 10.2. The smallest absolute Gasteiger partial charge is 0.128 e. The summed E-state index contributed by atoms with van der Waals surface area (Å²) in [4.78, 5) is 1.93. The van der Waals surface area contributed by atoms with Gasteiger partial charge in [-0.1, -0.05) is 49.3 Å². The van der Waals surface area contributed by atoms with Gasteiger partial charge in [-0.2, -0.15) is 0 Å². The van der Waals surface area contributed by atoms with Gasteiger partial charge in [0.2, 0.25) is 0 Å². The molecular formula is C16H17ClFNS. The molecule has 20 heavy (non-hydrogen) atoms. The molecule has 0 aromatic heterocycles. The minimum atomic E-state index is -0.176. The van der Waals surface area contributed by atoms with Crippen LogP contribution in [-0.4, -0.2) is 6.04 Å². The lowest BCUT2D eigenvalue weighted by Crippen LogP contribution is -2.22. The molecular weight excluding hydrogens is 293 g/mol. The Kier molecular flexibility index (Phi) is 5.46. The summed E-state index contributed by atoms with van der Waals surface area (Å²) >= 11 is 7.51. The van der Waals surface area contributed by atoms with Crippen molar-refractivity contribution in [3.05, 3.63) is 58.9 Å². The Hall–Kier alpha value is -1.03. The predicted octanol–water partition coefficient (Wildman–Crippen LogP) is 5.13. The average molecular weight is 310 g/mol. The highest BCUT2D eigenvalue weighted by molar-refractivity contribution is 7.99. The van der Waals surface area contributed by atoms with Crippen molar-refractivity contribution in [1.29, 1.82) is 0 Å². The Morgan fingerprint density at radius 1 is 1.20 bits per heavy atom. The molecule has 0 heterocycles. The molecule has 0 amide bonds. The number of nitrogens with one attached hydrogen (secondary N) is 1. The summed E-state index contributed by atoms with van der Waals surface area (Å²) in [6, 6.07) is 13.1. The number of halogens is 2. The van der Waals surface area contributed by atoms with Gasteiger partial charge in [-0.3, -0.25) is 0 Å². The third kappa shape index (κ3) is 4.23. The van der Waals surface area contributed by atoms with Gasteiger partial charge in [-0.15, -0.1) is 0 Å². The summed E-state index contributed by atoms with van der Waals surface area (Å²) in [5.74, 6) is -0.176. The van der Waals surface area contributed by atoms with Crippen LogP contribution < -0.4 is 5.32 Å². The molecule has 1 nitrogen and oxygen atoms in total. The maximum atomic E-state index is 14.0. The fraction of sp³-hybridized carbons (Fsp3) is 0.250. The Morgan fingerprint density at radius 3 is 2.65 bits per heavy atom. The van der Waals surface area contributed by atoms with Gasteiger partial charge >= 0.3 is 0 Å². The van der Waals surface area contributed by atoms with Crippen molar-refractivity contribution in [3.63, 3.8) is 0 Å². The molecule has 106 valence electrons. The zero-order valence-corrected chi connectivity index (χ0v) is 13.1. The maximum absolute atomic E-state index is 14.0. The number of hydrogen-bond donors (Lipinski definition) is 1. The molecule has 0 bridgehead atoms. The lowest BCUT2D eigenvalue weighted by Gasteiger charge is -2.13. The highest BCUT2D eigenvalue weighted by atomic mass is 35.5. The summed E-state index contributed by atoms with van der Waals surface area (Å²) in [7, 11) is 0. The van der Waals surface area contributed by atoms with E-state index in [1.54, 1.807) is 6.07 Å². The minimum absolute atomic E-state index is 0.176. The first kappa shape index (κ1) is 15.4. The van der Waals surface area contributed by atoms with E-state index in [1.807, 2.05) is 44.2 Å². The largest absolute Gasteiger partial charge is 0.310 e. The molecule has 0 aliphatic carbocycles. The molecule has 0 saturated carbocycles. The second kappa shape index (κ2) is 7.11. The molecule has 0 saturated heterocycles. The number of benzene rings is 2. The molecule has 1 N–H and O–H groups in total. The first-order valence-electron chi connectivity index (χ1n) is 6.50. The topological polar surface area (TPSA) is 12.0 Å². The molecule has 2 rings (SSSR count). The maximum Gasteiger partial charge on any atom is 0.128 e. The normalized spacial score (nSPS) is 11.1. The molecule has 0 unspecified atom stereocenters. The number of rotatable bonds is 5. The van der Waals surface area contributed by atoms with Gasteiger partial charge in [0.15, 0.2) is 0 Å². The van der Waals surface area contributed by atoms with Crippen molar-refractivity contribution >= 4 is 23.4 Å². The molecule has 0 spiro atoms. The van der Waals surface area contributed by atoms with Gasteiger partial charge in [-0.05, 0) is 30.3 Å². The summed E-state index contributed by atoms with van der Waals surface area (Å²) in [5, 5.41) is 3.95. The zero-order chi connectivity index (χ0) is 14.5. The van der Waals surface area contributed by atoms with E-state index < -0.39 is 0 Å². The van der Waals surface area contributed by atoms with E-state index >= 15 is 0 Å². The molecule has 0 aliphatic rings. The van der Waals surface area contributed by atoms with Crippen LogP contribution in [0.5, 0.6) is 0 Å². The minimum Gasteiger partial charge on any atom is -0.310 e. The van der Waals surface area contributed by atoms with E-state index in [2.05, 4.69) is 5.32 Å². The Morgan fingerprint density at radius 2 is 1.95 bits per heavy atom. The monoisotopic (exact) mass is 309 g/mol. The van der Waals surface area contributed by atoms with Crippen molar-refractivity contribution in [2.75, 3.05) is 0 Å². The second-order valence-corrected chi connectivity index (χ2v) is 6.36. The zero-order valence-electron chi connectivity index (χ0n) is 11.5. The van der Waals surface area contributed by atoms with Crippen molar-refractivity contribution in [3.8, 4) is 0 Å². The highest BCUT2D eigenvalue weighted by Gasteiger charge is 2.10. The SMILES string of the molecule is CC(C)NCc1c(F)cccc1Sc1cccc(Cl)c1. The molecule has 0 radical (unpaired) electrons. The van der Waals surface area contributed by atoms with Crippen LogP contribution in [-0.2, 0) is 6.54 Å². The van der Waals surface area contributed by atoms with Crippen LogP contribution in [0.1, 0.15) is 19.4 Å². The molecule has 0 atom stereocenters. The third-order valence-electron chi connectivity index (χ3n) is 2.79. The Labute approximate surface area is 128 Å². The fourth-order valence-electron chi connectivity index (χ4n) is 1.77. The van der Waals surface area contributed by atoms with Crippen LogP contribution in [0.15, 0.2) is 52.3 Å². The van der Waals surface area contributed by atoms with Crippen molar-refractivity contribution in [2.45, 2.75) is 36.2 Å². The second-order valence-electron chi connectivity index (χ2n) is 4.81. The summed E-state index contributed by atoms with van der Waals surface area (Å²) in [5.41, 5.74) is 0.700. The first-order chi connectivity index (χ1) is 9.56. The van der Waals surface area contributed by atoms with E-state index in [0.717, 1.165) is 9.79 Å². The van der Waals surface area contributed by atoms with E-state index in [4.69, 9.17) is 11.6 Å². The standard InChI is InChI=1S/C16H17ClFNS/c1-11(2)19-10-14-15(18)7-4-8-16(14)20-13-6-3-5-12(17)9-13/h3-9,11,19H,10H2,1-2H3. The van der Waals surface area contributed by atoms with Crippen molar-refractivity contribution < 1.29 is 4.39 Å². The van der Waals surface area contributed by atoms with E-state index in [-0.39, 0.29) is 5.82 Å². The van der Waals surface area contributed by atoms with Gasteiger partial charge < -0.3 is 5.32 Å². The molecule has 2 aromatic rings. The quantitative estimate of drug-likeness (QED) is 0.822. The number of hydrogen-bond acceptors (Lipinski definition) is 2. The third-order valence-corrected chi connectivity index (χ3v) is 4.11. The van der Waals surface area contributed by atoms with Gasteiger partial charge in [0.05, 0.1) is 0 Å². The molecule has 0 fully saturated rings. The van der Waals surface area contributed by atoms with Crippen LogP contribution in [0.25, 0.3) is 0 Å². The van der Waals surface area contributed by atoms with Crippen LogP contribution in [0.2, 0.25) is 5.02 Å². The Balaban J connectivity index is 2.24. The molecule has 2 aromatic carbocycles. The van der Waals surface area contributed by atoms with Crippen molar-refractivity contribution in [1.82, 2.24) is 5.32 Å². The van der Waals surface area contributed by atoms with Gasteiger partial charge in [0.1, 0.15) is 5.82 Å². The van der Waals surface area contributed by atoms with Crippen LogP contribution in [0.4, 0.5) is 4.39 Å². The van der Waals surface area contributed by atoms with E-state index in [9.17, 15) is 4.39 Å². The van der Waals surface area contributed by atoms with Gasteiger partial charge in [0, 0.05) is 33.0 Å². The average Bonchev–Trinajstić information content (AvgIpc) is 2.38. The van der Waals surface area contributed by atoms with Crippen LogP contribution in [0.3, 0.4) is 0 Å². The summed E-state index contributed by atoms with van der Waals surface area (Å²) in [6.45, 7) is 4.61. The van der Waals surface area contributed by atoms with Gasteiger partial charge in [-0.25, -0.2) is 4.39 Å².